The van der Waals surface area contributed by atoms with Gasteiger partial charge in [-0.25, -0.2) is 9.18 Å². The summed E-state index contributed by atoms with van der Waals surface area (Å²) in [4.78, 5) is 21.9. The molecule has 0 saturated heterocycles. The van der Waals surface area contributed by atoms with Crippen LogP contribution in [0.2, 0.25) is 0 Å². The van der Waals surface area contributed by atoms with E-state index in [1.165, 1.54) is 0 Å². The van der Waals surface area contributed by atoms with Crippen molar-refractivity contribution in [2.75, 3.05) is 0 Å². The Bertz CT molecular complexity index is 488. The quantitative estimate of drug-likeness (QED) is 0.467. The van der Waals surface area contributed by atoms with E-state index in [-0.39, 0.29) is 11.7 Å². The maximum Gasteiger partial charge on any atom is 0.345 e. The predicted molar refractivity (Wildman–Crippen MR) is 67.4 cm³/mol. The molecule has 0 bridgehead atoms. The second-order valence-electron chi connectivity index (χ2n) is 4.76. The van der Waals surface area contributed by atoms with Crippen LogP contribution in [0.1, 0.15) is 37.6 Å². The summed E-state index contributed by atoms with van der Waals surface area (Å²) in [5.41, 5.74) is -0.816. The zero-order valence-electron chi connectivity index (χ0n) is 11.1. The van der Waals surface area contributed by atoms with E-state index in [2.05, 4.69) is 0 Å². The Morgan fingerprint density at radius 1 is 1.42 bits per heavy atom. The van der Waals surface area contributed by atoms with Crippen molar-refractivity contribution in [3.8, 4) is 0 Å². The first-order valence-electron chi connectivity index (χ1n) is 5.96. The highest BCUT2D eigenvalue weighted by molar-refractivity contribution is 5.94. The molecule has 19 heavy (non-hydrogen) atoms. The van der Waals surface area contributed by atoms with Crippen molar-refractivity contribution in [2.24, 2.45) is 5.92 Å². The normalized spacial score (nSPS) is 12.3. The zero-order valence-corrected chi connectivity index (χ0v) is 11.1. The molecule has 0 heterocycles. The van der Waals surface area contributed by atoms with E-state index in [9.17, 15) is 19.3 Å². The molecule has 0 aromatic heterocycles. The van der Waals surface area contributed by atoms with E-state index >= 15 is 0 Å². The van der Waals surface area contributed by atoms with Gasteiger partial charge in [0.05, 0.1) is 11.0 Å². The van der Waals surface area contributed by atoms with Crippen LogP contribution in [0.15, 0.2) is 18.2 Å². The molecule has 5 nitrogen and oxygen atoms in total. The lowest BCUT2D eigenvalue weighted by atomic mass is 10.1. The monoisotopic (exact) mass is 269 g/mol. The first kappa shape index (κ1) is 15.1. The van der Waals surface area contributed by atoms with Crippen molar-refractivity contribution in [2.45, 2.75) is 33.3 Å². The Morgan fingerprint density at radius 2 is 2.05 bits per heavy atom. The van der Waals surface area contributed by atoms with Gasteiger partial charge in [0.25, 0.3) is 5.69 Å². The van der Waals surface area contributed by atoms with Crippen LogP contribution in [0.4, 0.5) is 10.1 Å². The largest absolute Gasteiger partial charge is 0.459 e. The first-order valence-corrected chi connectivity index (χ1v) is 5.96. The highest BCUT2D eigenvalue weighted by Gasteiger charge is 2.23. The van der Waals surface area contributed by atoms with Crippen molar-refractivity contribution in [3.63, 3.8) is 0 Å². The van der Waals surface area contributed by atoms with E-state index < -0.39 is 22.4 Å². The van der Waals surface area contributed by atoms with Crippen LogP contribution in [-0.2, 0) is 4.74 Å². The minimum Gasteiger partial charge on any atom is -0.459 e. The number of hydrogen-bond donors (Lipinski definition) is 0. The number of benzene rings is 1. The van der Waals surface area contributed by atoms with Gasteiger partial charge in [-0.1, -0.05) is 13.8 Å². The Kier molecular flexibility index (Phi) is 4.97. The van der Waals surface area contributed by atoms with Crippen molar-refractivity contribution >= 4 is 11.7 Å². The minimum atomic E-state index is -0.876. The van der Waals surface area contributed by atoms with Gasteiger partial charge in [-0.05, 0) is 31.4 Å². The fourth-order valence-electron chi connectivity index (χ4n) is 1.79. The number of carbonyl (C=O) groups excluding carboxylic acids is 1. The van der Waals surface area contributed by atoms with Crippen molar-refractivity contribution < 1.29 is 18.8 Å². The molecule has 0 aliphatic carbocycles. The molecule has 0 radical (unpaired) electrons. The summed E-state index contributed by atoms with van der Waals surface area (Å²) < 4.78 is 18.2. The van der Waals surface area contributed by atoms with Crippen LogP contribution in [-0.4, -0.2) is 17.0 Å². The number of nitro benzene ring substituents is 1. The maximum absolute atomic E-state index is 13.1. The summed E-state index contributed by atoms with van der Waals surface area (Å²) in [5.74, 6) is -1.27. The SMILES string of the molecule is CC(C)CC(C)OC(=O)c1cc(F)ccc1[N+](=O)[O-]. The molecule has 0 spiro atoms. The fourth-order valence-corrected chi connectivity index (χ4v) is 1.79. The van der Waals surface area contributed by atoms with Gasteiger partial charge in [-0.3, -0.25) is 10.1 Å². The summed E-state index contributed by atoms with van der Waals surface area (Å²) in [7, 11) is 0. The molecule has 6 heteroatoms. The summed E-state index contributed by atoms with van der Waals surface area (Å²) in [6.07, 6.45) is 0.254. The molecule has 104 valence electrons. The second kappa shape index (κ2) is 6.26. The lowest BCUT2D eigenvalue weighted by molar-refractivity contribution is -0.385. The van der Waals surface area contributed by atoms with Gasteiger partial charge in [0.15, 0.2) is 0 Å². The van der Waals surface area contributed by atoms with Crippen molar-refractivity contribution in [1.29, 1.82) is 0 Å². The molecule has 1 aromatic carbocycles. The van der Waals surface area contributed by atoms with Crippen LogP contribution in [0.3, 0.4) is 0 Å². The molecule has 0 fully saturated rings. The number of carbonyl (C=O) groups is 1. The summed E-state index contributed by atoms with van der Waals surface area (Å²) >= 11 is 0. The summed E-state index contributed by atoms with van der Waals surface area (Å²) in [6.45, 7) is 5.63. The van der Waals surface area contributed by atoms with Gasteiger partial charge in [0, 0.05) is 6.07 Å². The maximum atomic E-state index is 13.1. The molecule has 0 N–H and O–H groups in total. The zero-order chi connectivity index (χ0) is 14.6. The highest BCUT2D eigenvalue weighted by atomic mass is 19.1. The molecule has 0 aliphatic rings. The van der Waals surface area contributed by atoms with Crippen LogP contribution < -0.4 is 0 Å². The number of hydrogen-bond acceptors (Lipinski definition) is 4. The lowest BCUT2D eigenvalue weighted by Crippen LogP contribution is -2.18. The number of halogens is 1. The van der Waals surface area contributed by atoms with E-state index in [1.54, 1.807) is 6.92 Å². The van der Waals surface area contributed by atoms with Crippen molar-refractivity contribution in [1.82, 2.24) is 0 Å². The van der Waals surface area contributed by atoms with E-state index in [4.69, 9.17) is 4.74 Å². The molecular formula is C13H16FNO4. The first-order chi connectivity index (χ1) is 8.81. The predicted octanol–water partition coefficient (Wildman–Crippen LogP) is 3.33. The molecule has 1 rings (SSSR count). The standard InChI is InChI=1S/C13H16FNO4/c1-8(2)6-9(3)19-13(16)11-7-10(14)4-5-12(11)15(17)18/h4-5,7-9H,6H2,1-3H3. The molecular weight excluding hydrogens is 253 g/mol. The number of nitro groups is 1. The molecule has 0 amide bonds. The Balaban J connectivity index is 2.92. The fraction of sp³-hybridized carbons (Fsp3) is 0.462. The van der Waals surface area contributed by atoms with Gasteiger partial charge in [0.1, 0.15) is 11.4 Å². The van der Waals surface area contributed by atoms with E-state index in [0.29, 0.717) is 12.3 Å². The molecule has 0 aliphatic heterocycles. The van der Waals surface area contributed by atoms with Gasteiger partial charge in [-0.15, -0.1) is 0 Å². The smallest absolute Gasteiger partial charge is 0.345 e. The molecule has 1 aromatic rings. The molecule has 1 atom stereocenters. The second-order valence-corrected chi connectivity index (χ2v) is 4.76. The third kappa shape index (κ3) is 4.31. The van der Waals surface area contributed by atoms with Crippen LogP contribution in [0.5, 0.6) is 0 Å². The topological polar surface area (TPSA) is 69.4 Å². The van der Waals surface area contributed by atoms with Crippen LogP contribution in [0, 0.1) is 21.8 Å². The summed E-state index contributed by atoms with van der Waals surface area (Å²) in [5, 5.41) is 10.8. The van der Waals surface area contributed by atoms with Crippen LogP contribution >= 0.6 is 0 Å². The third-order valence-electron chi connectivity index (χ3n) is 2.49. The average Bonchev–Trinajstić information content (AvgIpc) is 2.26. The van der Waals surface area contributed by atoms with Gasteiger partial charge < -0.3 is 4.74 Å². The lowest BCUT2D eigenvalue weighted by Gasteiger charge is -2.15. The number of ether oxygens (including phenoxy) is 1. The van der Waals surface area contributed by atoms with E-state index in [1.807, 2.05) is 13.8 Å². The number of esters is 1. The van der Waals surface area contributed by atoms with Gasteiger partial charge in [0.2, 0.25) is 0 Å². The number of rotatable bonds is 5. The van der Waals surface area contributed by atoms with Gasteiger partial charge in [-0.2, -0.15) is 0 Å². The number of nitrogens with zero attached hydrogens (tertiary/aromatic N) is 1. The highest BCUT2D eigenvalue weighted by Crippen LogP contribution is 2.21. The van der Waals surface area contributed by atoms with Gasteiger partial charge >= 0.3 is 5.97 Å². The molecule has 1 unspecified atom stereocenters. The Morgan fingerprint density at radius 3 is 2.58 bits per heavy atom. The van der Waals surface area contributed by atoms with E-state index in [0.717, 1.165) is 18.2 Å². The molecule has 0 saturated carbocycles. The van der Waals surface area contributed by atoms with Crippen LogP contribution in [0.25, 0.3) is 0 Å². The van der Waals surface area contributed by atoms with Crippen molar-refractivity contribution in [3.05, 3.63) is 39.7 Å². The third-order valence-corrected chi connectivity index (χ3v) is 2.49. The Labute approximate surface area is 110 Å². The average molecular weight is 269 g/mol. The summed E-state index contributed by atoms with van der Waals surface area (Å²) in [6, 6.07) is 2.72. The minimum absolute atomic E-state index is 0.324. The Hall–Kier alpha value is -1.98.